The molecule has 0 atom stereocenters. The largest absolute Gasteiger partial charge is 0.493 e. The molecular weight excluding hydrogens is 618 g/mol. The van der Waals surface area contributed by atoms with Gasteiger partial charge in [0.15, 0.2) is 16.6 Å². The third-order valence-corrected chi connectivity index (χ3v) is 7.04. The zero-order valence-corrected chi connectivity index (χ0v) is 23.0. The number of benzene rings is 4. The molecule has 1 heterocycles. The number of carbonyl (C=O) groups is 2. The fraction of sp³-hybridized carbons (Fsp3) is 0.0690. The maximum absolute atomic E-state index is 14.4. The summed E-state index contributed by atoms with van der Waals surface area (Å²) in [5.41, 5.74) is 1.30. The molecule has 5 rings (SSSR count). The number of rotatable bonds is 6. The maximum atomic E-state index is 14.4. The van der Waals surface area contributed by atoms with Gasteiger partial charge in [0, 0.05) is 0 Å². The maximum Gasteiger partial charge on any atom is 0.270 e. The lowest BCUT2D eigenvalue weighted by atomic mass is 10.1. The Morgan fingerprint density at radius 2 is 1.74 bits per heavy atom. The highest BCUT2D eigenvalue weighted by Gasteiger charge is 2.35. The third-order valence-electron chi connectivity index (χ3n) is 5.95. The van der Waals surface area contributed by atoms with E-state index in [2.05, 4.69) is 40.0 Å². The molecule has 190 valence electrons. The van der Waals surface area contributed by atoms with Gasteiger partial charge in [0.1, 0.15) is 18.0 Å². The van der Waals surface area contributed by atoms with Crippen molar-refractivity contribution in [3.8, 4) is 11.5 Å². The Morgan fingerprint density at radius 1 is 1.00 bits per heavy atom. The lowest BCUT2D eigenvalue weighted by Crippen LogP contribution is -2.54. The van der Waals surface area contributed by atoms with Crippen LogP contribution in [0.1, 0.15) is 11.1 Å². The number of halogens is 2. The van der Waals surface area contributed by atoms with E-state index in [1.54, 1.807) is 18.2 Å². The first kappa shape index (κ1) is 25.8. The molecule has 4 aromatic carbocycles. The summed E-state index contributed by atoms with van der Waals surface area (Å²) >= 11 is 7.27. The van der Waals surface area contributed by atoms with Crippen LogP contribution in [-0.2, 0) is 16.2 Å². The second-order valence-corrected chi connectivity index (χ2v) is 9.96. The number of ether oxygens (including phenoxy) is 2. The van der Waals surface area contributed by atoms with Crippen molar-refractivity contribution in [1.82, 2.24) is 5.32 Å². The average molecular weight is 638 g/mol. The van der Waals surface area contributed by atoms with E-state index < -0.39 is 17.6 Å². The van der Waals surface area contributed by atoms with Crippen LogP contribution < -0.4 is 19.7 Å². The molecule has 2 amide bonds. The van der Waals surface area contributed by atoms with Crippen LogP contribution in [-0.4, -0.2) is 24.0 Å². The fourth-order valence-corrected chi connectivity index (χ4v) is 5.18. The molecule has 38 heavy (non-hydrogen) atoms. The number of amides is 2. The molecule has 0 saturated carbocycles. The molecular formula is C29H20FIN2O4S. The Morgan fingerprint density at radius 3 is 2.50 bits per heavy atom. The highest BCUT2D eigenvalue weighted by molar-refractivity contribution is 14.1. The van der Waals surface area contributed by atoms with Crippen LogP contribution in [0.2, 0.25) is 0 Å². The molecule has 1 aliphatic rings. The molecule has 4 aromatic rings. The van der Waals surface area contributed by atoms with Gasteiger partial charge in [0.2, 0.25) is 0 Å². The summed E-state index contributed by atoms with van der Waals surface area (Å²) in [6, 6.07) is 23.4. The number of carbonyl (C=O) groups excluding carboxylic acids is 2. The van der Waals surface area contributed by atoms with E-state index in [0.29, 0.717) is 23.7 Å². The molecule has 0 unspecified atom stereocenters. The van der Waals surface area contributed by atoms with Gasteiger partial charge in [-0.05, 0) is 93.1 Å². The molecule has 1 saturated heterocycles. The monoisotopic (exact) mass is 638 g/mol. The van der Waals surface area contributed by atoms with Gasteiger partial charge in [-0.15, -0.1) is 0 Å². The Labute approximate surface area is 237 Å². The molecule has 1 fully saturated rings. The van der Waals surface area contributed by atoms with Gasteiger partial charge in [-0.3, -0.25) is 14.9 Å². The Hall–Kier alpha value is -3.83. The highest BCUT2D eigenvalue weighted by Crippen LogP contribution is 2.36. The van der Waals surface area contributed by atoms with Gasteiger partial charge in [0.05, 0.1) is 16.4 Å². The normalized spacial score (nSPS) is 14.7. The summed E-state index contributed by atoms with van der Waals surface area (Å²) < 4.78 is 26.8. The Kier molecular flexibility index (Phi) is 7.39. The second-order valence-electron chi connectivity index (χ2n) is 8.41. The van der Waals surface area contributed by atoms with Crippen molar-refractivity contribution in [1.29, 1.82) is 0 Å². The molecule has 9 heteroatoms. The van der Waals surface area contributed by atoms with E-state index >= 15 is 0 Å². The minimum absolute atomic E-state index is 0.0435. The van der Waals surface area contributed by atoms with Gasteiger partial charge in [-0.2, -0.15) is 0 Å². The summed E-state index contributed by atoms with van der Waals surface area (Å²) in [6.07, 6.45) is 1.42. The van der Waals surface area contributed by atoms with Crippen molar-refractivity contribution < 1.29 is 23.5 Å². The summed E-state index contributed by atoms with van der Waals surface area (Å²) in [5, 5.41) is 4.55. The van der Waals surface area contributed by atoms with Crippen LogP contribution in [0.5, 0.6) is 11.5 Å². The SMILES string of the molecule is COc1cc(/C=C2\C(=O)NC(=S)N(c3ccccc3F)C2=O)cc(I)c1OCc1ccc2ccccc2c1. The number of methoxy groups -OCH3 is 1. The number of thiocarbonyl (C=S) groups is 1. The van der Waals surface area contributed by atoms with Crippen LogP contribution in [0.3, 0.4) is 0 Å². The van der Waals surface area contributed by atoms with Crippen molar-refractivity contribution in [3.63, 3.8) is 0 Å². The van der Waals surface area contributed by atoms with Gasteiger partial charge < -0.3 is 9.47 Å². The summed E-state index contributed by atoms with van der Waals surface area (Å²) in [5.74, 6) is -1.05. The molecule has 1 aliphatic heterocycles. The number of para-hydroxylation sites is 1. The van der Waals surface area contributed by atoms with Crippen molar-refractivity contribution in [3.05, 3.63) is 105 Å². The minimum Gasteiger partial charge on any atom is -0.493 e. The molecule has 0 aromatic heterocycles. The zero-order valence-electron chi connectivity index (χ0n) is 20.0. The van der Waals surface area contributed by atoms with Gasteiger partial charge in [-0.1, -0.05) is 48.5 Å². The lowest BCUT2D eigenvalue weighted by molar-refractivity contribution is -0.122. The number of fused-ring (bicyclic) bond motifs is 1. The predicted octanol–water partition coefficient (Wildman–Crippen LogP) is 6.00. The van der Waals surface area contributed by atoms with E-state index in [9.17, 15) is 14.0 Å². The van der Waals surface area contributed by atoms with E-state index in [-0.39, 0.29) is 16.4 Å². The lowest BCUT2D eigenvalue weighted by Gasteiger charge is -2.29. The van der Waals surface area contributed by atoms with E-state index in [1.807, 2.05) is 30.3 Å². The summed E-state index contributed by atoms with van der Waals surface area (Å²) in [7, 11) is 1.52. The smallest absolute Gasteiger partial charge is 0.270 e. The average Bonchev–Trinajstić information content (AvgIpc) is 2.91. The van der Waals surface area contributed by atoms with Gasteiger partial charge in [0.25, 0.3) is 11.8 Å². The molecule has 6 nitrogen and oxygen atoms in total. The molecule has 0 radical (unpaired) electrons. The Bertz CT molecular complexity index is 1640. The van der Waals surface area contributed by atoms with Gasteiger partial charge >= 0.3 is 0 Å². The second kappa shape index (κ2) is 10.9. The number of nitrogens with zero attached hydrogens (tertiary/aromatic N) is 1. The fourth-order valence-electron chi connectivity index (χ4n) is 4.12. The van der Waals surface area contributed by atoms with Crippen molar-refractivity contribution in [2.24, 2.45) is 0 Å². The predicted molar refractivity (Wildman–Crippen MR) is 157 cm³/mol. The summed E-state index contributed by atoms with van der Waals surface area (Å²) in [4.78, 5) is 26.9. The summed E-state index contributed by atoms with van der Waals surface area (Å²) in [6.45, 7) is 0.327. The highest BCUT2D eigenvalue weighted by atomic mass is 127. The quantitative estimate of drug-likeness (QED) is 0.122. The van der Waals surface area contributed by atoms with Crippen molar-refractivity contribution in [2.75, 3.05) is 12.0 Å². The first-order chi connectivity index (χ1) is 18.4. The van der Waals surface area contributed by atoms with E-state index in [0.717, 1.165) is 24.8 Å². The molecule has 0 aliphatic carbocycles. The van der Waals surface area contributed by atoms with Crippen molar-refractivity contribution in [2.45, 2.75) is 6.61 Å². The molecule has 0 bridgehead atoms. The van der Waals surface area contributed by atoms with Crippen LogP contribution in [0.15, 0.2) is 84.4 Å². The number of nitrogens with one attached hydrogen (secondary N) is 1. The van der Waals surface area contributed by atoms with E-state index in [1.165, 1.54) is 31.4 Å². The molecule has 1 N–H and O–H groups in total. The van der Waals surface area contributed by atoms with Crippen LogP contribution >= 0.6 is 34.8 Å². The first-order valence-corrected chi connectivity index (χ1v) is 13.0. The standard InChI is InChI=1S/C29H20FIN2O4S/c1-36-25-15-18(13-21-27(34)32-29(38)33(28(21)35)24-9-5-4-8-22(24)30)14-23(31)26(25)37-16-17-10-11-19-6-2-3-7-20(19)12-17/h2-15H,16H2,1H3,(H,32,34,38)/b21-13+. The minimum atomic E-state index is -0.727. The molecule has 0 spiro atoms. The number of anilines is 1. The Balaban J connectivity index is 1.43. The third kappa shape index (κ3) is 5.11. The van der Waals surface area contributed by atoms with Crippen LogP contribution in [0, 0.1) is 9.39 Å². The van der Waals surface area contributed by atoms with E-state index in [4.69, 9.17) is 21.7 Å². The number of hydrogen-bond acceptors (Lipinski definition) is 5. The van der Waals surface area contributed by atoms with Gasteiger partial charge in [-0.25, -0.2) is 9.29 Å². The number of hydrogen-bond donors (Lipinski definition) is 1. The van der Waals surface area contributed by atoms with Crippen LogP contribution in [0.25, 0.3) is 16.8 Å². The topological polar surface area (TPSA) is 67.9 Å². The first-order valence-electron chi connectivity index (χ1n) is 11.5. The van der Waals surface area contributed by atoms with Crippen LogP contribution in [0.4, 0.5) is 10.1 Å². The van der Waals surface area contributed by atoms with Crippen molar-refractivity contribution >= 4 is 74.3 Å². The zero-order chi connectivity index (χ0) is 26.8.